The average molecular weight is 486 g/mol. The van der Waals surface area contributed by atoms with Crippen molar-refractivity contribution in [2.45, 2.75) is 33.1 Å². The van der Waals surface area contributed by atoms with Gasteiger partial charge >= 0.3 is 0 Å². The Morgan fingerprint density at radius 1 is 0.944 bits per heavy atom. The maximum atomic E-state index is 13.4. The van der Waals surface area contributed by atoms with Crippen molar-refractivity contribution in [1.29, 1.82) is 0 Å². The molecule has 3 aromatic carbocycles. The lowest BCUT2D eigenvalue weighted by atomic mass is 10.0. The van der Waals surface area contributed by atoms with Crippen LogP contribution in [0.3, 0.4) is 0 Å². The Labute approximate surface area is 213 Å². The van der Waals surface area contributed by atoms with Crippen LogP contribution in [-0.4, -0.2) is 50.0 Å². The number of amides is 2. The molecule has 0 aromatic heterocycles. The highest BCUT2D eigenvalue weighted by Crippen LogP contribution is 2.28. The fraction of sp³-hybridized carbons (Fsp3) is 0.333. The van der Waals surface area contributed by atoms with Gasteiger partial charge in [0.1, 0.15) is 5.75 Å². The molecule has 0 atom stereocenters. The van der Waals surface area contributed by atoms with Gasteiger partial charge in [-0.3, -0.25) is 9.59 Å². The first-order chi connectivity index (χ1) is 17.5. The summed E-state index contributed by atoms with van der Waals surface area (Å²) >= 11 is 0. The molecule has 1 heterocycles. The quantitative estimate of drug-likeness (QED) is 0.454. The first-order valence-electron chi connectivity index (χ1n) is 12.7. The predicted molar refractivity (Wildman–Crippen MR) is 145 cm³/mol. The Hall–Kier alpha value is -3.80. The standard InChI is InChI=1S/C30H35N3O3/c1-4-5-8-23-12-15-25(16-13-23)31-29(34)24-14-11-22(2)26(21-24)30(35)33-19-17-32(18-20-33)27-9-6-7-10-28(27)36-3/h6-7,9-16,21H,4-5,8,17-20H2,1-3H3,(H,31,34). The molecule has 3 aromatic rings. The molecule has 6 heteroatoms. The van der Waals surface area contributed by atoms with Gasteiger partial charge in [0.05, 0.1) is 12.8 Å². The predicted octanol–water partition coefficient (Wildman–Crippen LogP) is 5.56. The minimum Gasteiger partial charge on any atom is -0.495 e. The summed E-state index contributed by atoms with van der Waals surface area (Å²) in [7, 11) is 1.67. The summed E-state index contributed by atoms with van der Waals surface area (Å²) in [5.74, 6) is 0.580. The minimum absolute atomic E-state index is 0.0397. The van der Waals surface area contributed by atoms with Crippen molar-refractivity contribution in [3.05, 3.63) is 89.0 Å². The van der Waals surface area contributed by atoms with Gasteiger partial charge in [-0.25, -0.2) is 0 Å². The lowest BCUT2D eigenvalue weighted by Crippen LogP contribution is -2.49. The minimum atomic E-state index is -0.216. The summed E-state index contributed by atoms with van der Waals surface area (Å²) in [5.41, 5.74) is 4.98. The van der Waals surface area contributed by atoms with E-state index in [0.717, 1.165) is 55.0 Å². The zero-order valence-electron chi connectivity index (χ0n) is 21.4. The Kier molecular flexibility index (Phi) is 8.26. The molecule has 4 rings (SSSR count). The van der Waals surface area contributed by atoms with Crippen molar-refractivity contribution in [2.24, 2.45) is 0 Å². The highest BCUT2D eigenvalue weighted by atomic mass is 16.5. The van der Waals surface area contributed by atoms with Gasteiger partial charge in [-0.05, 0) is 67.3 Å². The van der Waals surface area contributed by atoms with E-state index >= 15 is 0 Å². The SMILES string of the molecule is CCCCc1ccc(NC(=O)c2ccc(C)c(C(=O)N3CCN(c4ccccc4OC)CC3)c2)cc1. The van der Waals surface area contributed by atoms with Crippen LogP contribution in [-0.2, 0) is 6.42 Å². The molecule has 1 N–H and O–H groups in total. The lowest BCUT2D eigenvalue weighted by Gasteiger charge is -2.36. The van der Waals surface area contributed by atoms with Crippen molar-refractivity contribution in [1.82, 2.24) is 4.90 Å². The normalized spacial score (nSPS) is 13.4. The number of piperazine rings is 1. The summed E-state index contributed by atoms with van der Waals surface area (Å²) in [5, 5.41) is 2.96. The summed E-state index contributed by atoms with van der Waals surface area (Å²) in [4.78, 5) is 30.4. The third-order valence-corrected chi connectivity index (χ3v) is 6.75. The number of carbonyl (C=O) groups excluding carboxylic acids is 2. The number of benzene rings is 3. The number of nitrogens with zero attached hydrogens (tertiary/aromatic N) is 2. The van der Waals surface area contributed by atoms with E-state index in [-0.39, 0.29) is 11.8 Å². The molecule has 0 spiro atoms. The van der Waals surface area contributed by atoms with Gasteiger partial charge < -0.3 is 19.9 Å². The fourth-order valence-electron chi connectivity index (χ4n) is 4.54. The molecular formula is C30H35N3O3. The smallest absolute Gasteiger partial charge is 0.255 e. The molecule has 188 valence electrons. The zero-order valence-corrected chi connectivity index (χ0v) is 21.4. The van der Waals surface area contributed by atoms with Gasteiger partial charge in [0, 0.05) is 43.0 Å². The van der Waals surface area contributed by atoms with E-state index in [0.29, 0.717) is 24.2 Å². The van der Waals surface area contributed by atoms with Crippen LogP contribution in [0.2, 0.25) is 0 Å². The number of para-hydroxylation sites is 2. The Bertz CT molecular complexity index is 1200. The van der Waals surface area contributed by atoms with E-state index in [1.165, 1.54) is 5.56 Å². The molecular weight excluding hydrogens is 450 g/mol. The molecule has 6 nitrogen and oxygen atoms in total. The van der Waals surface area contributed by atoms with Crippen molar-refractivity contribution < 1.29 is 14.3 Å². The van der Waals surface area contributed by atoms with Crippen LogP contribution in [0.1, 0.15) is 51.6 Å². The van der Waals surface area contributed by atoms with E-state index in [1.807, 2.05) is 54.3 Å². The summed E-state index contributed by atoms with van der Waals surface area (Å²) < 4.78 is 5.50. The second-order valence-electron chi connectivity index (χ2n) is 9.24. The molecule has 0 aliphatic carbocycles. The second-order valence-corrected chi connectivity index (χ2v) is 9.24. The molecule has 0 radical (unpaired) electrons. The van der Waals surface area contributed by atoms with Crippen LogP contribution < -0.4 is 15.0 Å². The van der Waals surface area contributed by atoms with Gasteiger partial charge in [0.2, 0.25) is 0 Å². The van der Waals surface area contributed by atoms with E-state index in [1.54, 1.807) is 19.2 Å². The van der Waals surface area contributed by atoms with E-state index in [2.05, 4.69) is 29.3 Å². The molecule has 36 heavy (non-hydrogen) atoms. The first-order valence-corrected chi connectivity index (χ1v) is 12.7. The van der Waals surface area contributed by atoms with Gasteiger partial charge in [0.15, 0.2) is 0 Å². The van der Waals surface area contributed by atoms with Crippen molar-refractivity contribution >= 4 is 23.2 Å². The zero-order chi connectivity index (χ0) is 25.5. The van der Waals surface area contributed by atoms with Crippen LogP contribution in [0.5, 0.6) is 5.75 Å². The number of anilines is 2. The molecule has 0 saturated carbocycles. The topological polar surface area (TPSA) is 61.9 Å². The average Bonchev–Trinajstić information content (AvgIpc) is 2.92. The third kappa shape index (κ3) is 5.88. The number of unbranched alkanes of at least 4 members (excludes halogenated alkanes) is 1. The van der Waals surface area contributed by atoms with Crippen LogP contribution in [0.25, 0.3) is 0 Å². The third-order valence-electron chi connectivity index (χ3n) is 6.75. The summed E-state index contributed by atoms with van der Waals surface area (Å²) in [6.07, 6.45) is 3.35. The molecule has 2 amide bonds. The number of nitrogens with one attached hydrogen (secondary N) is 1. The lowest BCUT2D eigenvalue weighted by molar-refractivity contribution is 0.0746. The van der Waals surface area contributed by atoms with Crippen LogP contribution in [0, 0.1) is 6.92 Å². The Balaban J connectivity index is 1.41. The Morgan fingerprint density at radius 2 is 1.67 bits per heavy atom. The fourth-order valence-corrected chi connectivity index (χ4v) is 4.54. The van der Waals surface area contributed by atoms with Gasteiger partial charge in [-0.2, -0.15) is 0 Å². The number of hydrogen-bond donors (Lipinski definition) is 1. The van der Waals surface area contributed by atoms with Gasteiger partial charge in [-0.15, -0.1) is 0 Å². The maximum absolute atomic E-state index is 13.4. The van der Waals surface area contributed by atoms with Crippen molar-refractivity contribution in [2.75, 3.05) is 43.5 Å². The molecule has 1 saturated heterocycles. The number of rotatable bonds is 8. The summed E-state index contributed by atoms with van der Waals surface area (Å²) in [6.45, 7) is 6.75. The number of ether oxygens (including phenoxy) is 1. The number of aryl methyl sites for hydroxylation is 2. The van der Waals surface area contributed by atoms with Crippen LogP contribution >= 0.6 is 0 Å². The highest BCUT2D eigenvalue weighted by molar-refractivity contribution is 6.06. The second kappa shape index (κ2) is 11.8. The van der Waals surface area contributed by atoms with E-state index in [9.17, 15) is 9.59 Å². The molecule has 0 bridgehead atoms. The van der Waals surface area contributed by atoms with Crippen LogP contribution in [0.4, 0.5) is 11.4 Å². The Morgan fingerprint density at radius 3 is 2.36 bits per heavy atom. The van der Waals surface area contributed by atoms with Crippen molar-refractivity contribution in [3.8, 4) is 5.75 Å². The molecule has 1 fully saturated rings. The van der Waals surface area contributed by atoms with Crippen molar-refractivity contribution in [3.63, 3.8) is 0 Å². The van der Waals surface area contributed by atoms with Gasteiger partial charge in [0.25, 0.3) is 11.8 Å². The number of hydrogen-bond acceptors (Lipinski definition) is 4. The molecule has 1 aliphatic rings. The van der Waals surface area contributed by atoms with Crippen LogP contribution in [0.15, 0.2) is 66.7 Å². The molecule has 0 unspecified atom stereocenters. The first kappa shape index (κ1) is 25.3. The molecule has 1 aliphatic heterocycles. The number of methoxy groups -OCH3 is 1. The summed E-state index contributed by atoms with van der Waals surface area (Å²) in [6, 6.07) is 21.3. The van der Waals surface area contributed by atoms with E-state index < -0.39 is 0 Å². The number of carbonyl (C=O) groups is 2. The highest BCUT2D eigenvalue weighted by Gasteiger charge is 2.25. The maximum Gasteiger partial charge on any atom is 0.255 e. The van der Waals surface area contributed by atoms with Gasteiger partial charge in [-0.1, -0.05) is 43.7 Å². The monoisotopic (exact) mass is 485 g/mol. The largest absolute Gasteiger partial charge is 0.495 e. The van der Waals surface area contributed by atoms with E-state index in [4.69, 9.17) is 4.74 Å².